The monoisotopic (exact) mass is 263 g/mol. The molecule has 0 amide bonds. The summed E-state index contributed by atoms with van der Waals surface area (Å²) in [5, 5.41) is 3.56. The van der Waals surface area contributed by atoms with Crippen molar-refractivity contribution in [2.24, 2.45) is 5.41 Å². The number of rotatable bonds is 6. The summed E-state index contributed by atoms with van der Waals surface area (Å²) in [7, 11) is 0. The fourth-order valence-electron chi connectivity index (χ4n) is 3.29. The van der Waals surface area contributed by atoms with Crippen molar-refractivity contribution in [3.63, 3.8) is 0 Å². The lowest BCUT2D eigenvalue weighted by atomic mass is 9.70. The second kappa shape index (κ2) is 7.04. The quantitative estimate of drug-likeness (QED) is 0.754. The minimum absolute atomic E-state index is 0.0389. The van der Waals surface area contributed by atoms with Crippen LogP contribution in [0.4, 0.5) is 4.39 Å². The van der Waals surface area contributed by atoms with Crippen molar-refractivity contribution in [1.29, 1.82) is 0 Å². The van der Waals surface area contributed by atoms with E-state index in [1.165, 1.54) is 32.1 Å². The van der Waals surface area contributed by atoms with Crippen LogP contribution in [0.5, 0.6) is 0 Å². The predicted octanol–water partition coefficient (Wildman–Crippen LogP) is 4.32. The van der Waals surface area contributed by atoms with Crippen molar-refractivity contribution in [1.82, 2.24) is 5.32 Å². The van der Waals surface area contributed by atoms with Crippen molar-refractivity contribution < 1.29 is 4.39 Å². The Morgan fingerprint density at radius 2 is 1.89 bits per heavy atom. The maximum Gasteiger partial charge on any atom is 0.126 e. The SMILES string of the molecule is CCCNCC1(Cc2ccccc2F)CCCCC1. The van der Waals surface area contributed by atoms with Crippen molar-refractivity contribution in [3.8, 4) is 0 Å². The van der Waals surface area contributed by atoms with E-state index >= 15 is 0 Å². The molecule has 0 spiro atoms. The van der Waals surface area contributed by atoms with Crippen molar-refractivity contribution in [3.05, 3.63) is 35.6 Å². The van der Waals surface area contributed by atoms with Crippen molar-refractivity contribution in [2.45, 2.75) is 51.9 Å². The second-order valence-electron chi connectivity index (χ2n) is 6.01. The van der Waals surface area contributed by atoms with Crippen molar-refractivity contribution in [2.75, 3.05) is 13.1 Å². The van der Waals surface area contributed by atoms with Crippen LogP contribution < -0.4 is 5.32 Å². The van der Waals surface area contributed by atoms with E-state index in [4.69, 9.17) is 0 Å². The zero-order valence-electron chi connectivity index (χ0n) is 12.1. The molecule has 1 nitrogen and oxygen atoms in total. The molecule has 1 aliphatic rings. The van der Waals surface area contributed by atoms with Gasteiger partial charge in [0.05, 0.1) is 0 Å². The first-order chi connectivity index (χ1) is 9.26. The third-order valence-electron chi connectivity index (χ3n) is 4.36. The van der Waals surface area contributed by atoms with Gasteiger partial charge in [0, 0.05) is 6.54 Å². The third kappa shape index (κ3) is 4.04. The van der Waals surface area contributed by atoms with Crippen LogP contribution in [0.1, 0.15) is 51.0 Å². The summed E-state index contributed by atoms with van der Waals surface area (Å²) in [4.78, 5) is 0. The highest BCUT2D eigenvalue weighted by Crippen LogP contribution is 2.39. The van der Waals surface area contributed by atoms with Gasteiger partial charge in [-0.3, -0.25) is 0 Å². The summed E-state index contributed by atoms with van der Waals surface area (Å²) in [6.45, 7) is 4.30. The highest BCUT2D eigenvalue weighted by Gasteiger charge is 2.32. The minimum atomic E-state index is -0.0389. The van der Waals surface area contributed by atoms with Crippen LogP contribution in [0, 0.1) is 11.2 Å². The first kappa shape index (κ1) is 14.5. The van der Waals surface area contributed by atoms with Crippen LogP contribution in [0.3, 0.4) is 0 Å². The molecular formula is C17H26FN. The maximum atomic E-state index is 13.9. The molecule has 1 N–H and O–H groups in total. The number of nitrogens with one attached hydrogen (secondary N) is 1. The van der Waals surface area contributed by atoms with E-state index in [0.717, 1.165) is 31.5 Å². The molecule has 1 saturated carbocycles. The average molecular weight is 263 g/mol. The summed E-state index contributed by atoms with van der Waals surface area (Å²) < 4.78 is 13.9. The maximum absolute atomic E-state index is 13.9. The van der Waals surface area contributed by atoms with Crippen LogP contribution in [0.15, 0.2) is 24.3 Å². The fourth-order valence-corrected chi connectivity index (χ4v) is 3.29. The molecule has 0 radical (unpaired) electrons. The van der Waals surface area contributed by atoms with Crippen LogP contribution >= 0.6 is 0 Å². The molecule has 1 aliphatic carbocycles. The van der Waals surface area contributed by atoms with Gasteiger partial charge in [0.25, 0.3) is 0 Å². The molecule has 0 aliphatic heterocycles. The lowest BCUT2D eigenvalue weighted by Gasteiger charge is -2.38. The van der Waals surface area contributed by atoms with Crippen LogP contribution in [-0.2, 0) is 6.42 Å². The summed E-state index contributed by atoms with van der Waals surface area (Å²) in [6, 6.07) is 7.27. The second-order valence-corrected chi connectivity index (χ2v) is 6.01. The highest BCUT2D eigenvalue weighted by atomic mass is 19.1. The van der Waals surface area contributed by atoms with Gasteiger partial charge in [-0.05, 0) is 49.3 Å². The van der Waals surface area contributed by atoms with E-state index in [0.29, 0.717) is 0 Å². The zero-order chi connectivity index (χ0) is 13.6. The summed E-state index contributed by atoms with van der Waals surface area (Å²) in [6.07, 6.45) is 8.44. The molecule has 106 valence electrons. The predicted molar refractivity (Wildman–Crippen MR) is 78.8 cm³/mol. The van der Waals surface area contributed by atoms with Crippen molar-refractivity contribution >= 4 is 0 Å². The molecule has 0 bridgehead atoms. The van der Waals surface area contributed by atoms with E-state index in [1.54, 1.807) is 12.1 Å². The summed E-state index contributed by atoms with van der Waals surface area (Å²) in [5.74, 6) is -0.0389. The standard InChI is InChI=1S/C17H26FN/c1-2-12-19-14-17(10-6-3-7-11-17)13-15-8-4-5-9-16(15)18/h4-5,8-9,19H,2-3,6-7,10-14H2,1H3. The van der Waals surface area contributed by atoms with Gasteiger partial charge in [-0.2, -0.15) is 0 Å². The Bertz CT molecular complexity index is 383. The molecular weight excluding hydrogens is 237 g/mol. The largest absolute Gasteiger partial charge is 0.316 e. The van der Waals surface area contributed by atoms with E-state index in [-0.39, 0.29) is 11.2 Å². The highest BCUT2D eigenvalue weighted by molar-refractivity contribution is 5.19. The van der Waals surface area contributed by atoms with Gasteiger partial charge in [-0.15, -0.1) is 0 Å². The topological polar surface area (TPSA) is 12.0 Å². The Kier molecular flexibility index (Phi) is 5.38. The van der Waals surface area contributed by atoms with Crippen LogP contribution in [0.25, 0.3) is 0 Å². The molecule has 2 rings (SSSR count). The van der Waals surface area contributed by atoms with Gasteiger partial charge >= 0.3 is 0 Å². The van der Waals surface area contributed by atoms with Crippen LogP contribution in [0.2, 0.25) is 0 Å². The lowest BCUT2D eigenvalue weighted by molar-refractivity contribution is 0.179. The Morgan fingerprint density at radius 3 is 2.58 bits per heavy atom. The molecule has 0 atom stereocenters. The molecule has 2 heteroatoms. The number of hydrogen-bond acceptors (Lipinski definition) is 1. The van der Waals surface area contributed by atoms with Gasteiger partial charge in [-0.1, -0.05) is 44.4 Å². The zero-order valence-corrected chi connectivity index (χ0v) is 12.1. The molecule has 19 heavy (non-hydrogen) atoms. The first-order valence-electron chi connectivity index (χ1n) is 7.70. The summed E-state index contributed by atoms with van der Waals surface area (Å²) >= 11 is 0. The normalized spacial score (nSPS) is 18.4. The van der Waals surface area contributed by atoms with Crippen LogP contribution in [-0.4, -0.2) is 13.1 Å². The van der Waals surface area contributed by atoms with Gasteiger partial charge in [0.1, 0.15) is 5.82 Å². The number of halogens is 1. The van der Waals surface area contributed by atoms with E-state index < -0.39 is 0 Å². The summed E-state index contributed by atoms with van der Waals surface area (Å²) in [5.41, 5.74) is 1.16. The first-order valence-corrected chi connectivity index (χ1v) is 7.70. The Morgan fingerprint density at radius 1 is 1.16 bits per heavy atom. The Labute approximate surface area is 116 Å². The molecule has 0 saturated heterocycles. The molecule has 0 heterocycles. The fraction of sp³-hybridized carbons (Fsp3) is 0.647. The molecule has 1 fully saturated rings. The average Bonchev–Trinajstić information content (AvgIpc) is 2.43. The van der Waals surface area contributed by atoms with E-state index in [2.05, 4.69) is 12.2 Å². The molecule has 0 aromatic heterocycles. The Balaban J connectivity index is 2.06. The molecule has 0 unspecified atom stereocenters. The van der Waals surface area contributed by atoms with Gasteiger partial charge in [0.2, 0.25) is 0 Å². The number of benzene rings is 1. The third-order valence-corrected chi connectivity index (χ3v) is 4.36. The lowest BCUT2D eigenvalue weighted by Crippen LogP contribution is -2.38. The molecule has 1 aromatic carbocycles. The van der Waals surface area contributed by atoms with Gasteiger partial charge in [0.15, 0.2) is 0 Å². The number of hydrogen-bond donors (Lipinski definition) is 1. The smallest absolute Gasteiger partial charge is 0.126 e. The molecule has 1 aromatic rings. The minimum Gasteiger partial charge on any atom is -0.316 e. The van der Waals surface area contributed by atoms with Gasteiger partial charge < -0.3 is 5.32 Å². The Hall–Kier alpha value is -0.890. The van der Waals surface area contributed by atoms with Gasteiger partial charge in [-0.25, -0.2) is 4.39 Å². The van der Waals surface area contributed by atoms with E-state index in [9.17, 15) is 4.39 Å². The van der Waals surface area contributed by atoms with E-state index in [1.807, 2.05) is 12.1 Å².